The molecule has 0 saturated heterocycles. The third-order valence-corrected chi connectivity index (χ3v) is 6.33. The Kier molecular flexibility index (Phi) is 6.11. The van der Waals surface area contributed by atoms with Crippen molar-refractivity contribution in [2.45, 2.75) is 11.8 Å². The van der Waals surface area contributed by atoms with Crippen LogP contribution in [0.4, 0.5) is 5.69 Å². The minimum absolute atomic E-state index is 0.0306. The summed E-state index contributed by atoms with van der Waals surface area (Å²) in [5, 5.41) is 3.01. The molecule has 27 heavy (non-hydrogen) atoms. The largest absolute Gasteiger partial charge is 0.612 e. The molecule has 1 aromatic heterocycles. The second-order valence-corrected chi connectivity index (χ2v) is 8.44. The van der Waals surface area contributed by atoms with Crippen molar-refractivity contribution in [3.05, 3.63) is 59.5 Å². The topological polar surface area (TPSA) is 69.2 Å². The van der Waals surface area contributed by atoms with Crippen molar-refractivity contribution < 1.29 is 14.1 Å². The zero-order chi connectivity index (χ0) is 19.4. The molecule has 0 aliphatic rings. The Morgan fingerprint density at radius 1 is 1.11 bits per heavy atom. The van der Waals surface area contributed by atoms with Crippen LogP contribution in [0.25, 0.3) is 21.6 Å². The second-order valence-electron chi connectivity index (χ2n) is 6.01. The van der Waals surface area contributed by atoms with Crippen molar-refractivity contribution in [2.75, 3.05) is 18.1 Å². The van der Waals surface area contributed by atoms with Crippen LogP contribution in [0, 0.1) is 0 Å². The molecular weight excluding hydrogens is 378 g/mol. The summed E-state index contributed by atoms with van der Waals surface area (Å²) in [7, 11) is 0. The zero-order valence-corrected chi connectivity index (χ0v) is 16.7. The van der Waals surface area contributed by atoms with E-state index >= 15 is 0 Å². The van der Waals surface area contributed by atoms with Gasteiger partial charge in [-0.15, -0.1) is 11.3 Å². The van der Waals surface area contributed by atoms with Gasteiger partial charge in [-0.05, 0) is 71.7 Å². The number of rotatable bonds is 7. The maximum absolute atomic E-state index is 11.9. The van der Waals surface area contributed by atoms with Crippen molar-refractivity contribution in [2.24, 2.45) is 0 Å². The van der Waals surface area contributed by atoms with Crippen LogP contribution < -0.4 is 5.32 Å². The molecule has 6 heteroatoms. The fourth-order valence-electron chi connectivity index (χ4n) is 2.72. The number of aldehydes is 1. The Balaban J connectivity index is 2.01. The number of hydrogen-bond donors (Lipinski definition) is 1. The maximum atomic E-state index is 11.9. The van der Waals surface area contributed by atoms with Gasteiger partial charge in [0, 0.05) is 16.1 Å². The van der Waals surface area contributed by atoms with Gasteiger partial charge < -0.3 is 14.7 Å². The highest BCUT2D eigenvalue weighted by Gasteiger charge is 2.16. The Bertz CT molecular complexity index is 945. The normalized spacial score (nSPS) is 11.8. The van der Waals surface area contributed by atoms with E-state index in [4.69, 9.17) is 0 Å². The van der Waals surface area contributed by atoms with Crippen LogP contribution in [0.5, 0.6) is 0 Å². The molecule has 0 spiro atoms. The molecule has 3 aromatic rings. The highest BCUT2D eigenvalue weighted by molar-refractivity contribution is 7.90. The molecule has 2 aromatic carbocycles. The molecule has 1 N–H and O–H groups in total. The van der Waals surface area contributed by atoms with Crippen molar-refractivity contribution in [3.8, 4) is 21.6 Å². The molecule has 0 saturated carbocycles. The summed E-state index contributed by atoms with van der Waals surface area (Å²) in [6.45, 7) is 1.83. The second kappa shape index (κ2) is 8.52. The quantitative estimate of drug-likeness (QED) is 0.358. The summed E-state index contributed by atoms with van der Waals surface area (Å²) in [6, 6.07) is 17.3. The fourth-order valence-corrected chi connectivity index (χ4v) is 4.32. The van der Waals surface area contributed by atoms with Gasteiger partial charge in [-0.2, -0.15) is 0 Å². The van der Waals surface area contributed by atoms with E-state index in [0.29, 0.717) is 4.88 Å². The summed E-state index contributed by atoms with van der Waals surface area (Å²) < 4.78 is 11.6. The van der Waals surface area contributed by atoms with Crippen LogP contribution in [0.15, 0.2) is 59.5 Å². The lowest BCUT2D eigenvalue weighted by Gasteiger charge is -2.08. The number of hydrogen-bond acceptors (Lipinski definition) is 5. The van der Waals surface area contributed by atoms with E-state index in [2.05, 4.69) is 5.32 Å². The van der Waals surface area contributed by atoms with Crippen LogP contribution in [0.1, 0.15) is 16.6 Å². The number of Topliss-reactive ketones (excluding diaryl/α,β-unsaturated/α-hetero) is 1. The lowest BCUT2D eigenvalue weighted by atomic mass is 10.0. The molecule has 3 rings (SSSR count). The Labute approximate surface area is 165 Å². The third-order valence-electron chi connectivity index (χ3n) is 4.11. The lowest BCUT2D eigenvalue weighted by Crippen LogP contribution is -2.01. The number of thiophene rings is 1. The first-order chi connectivity index (χ1) is 13.0. The predicted octanol–water partition coefficient (Wildman–Crippen LogP) is 4.63. The first-order valence-corrected chi connectivity index (χ1v) is 10.7. The molecule has 0 fully saturated rings. The van der Waals surface area contributed by atoms with E-state index in [9.17, 15) is 14.1 Å². The summed E-state index contributed by atoms with van der Waals surface area (Å²) in [4.78, 5) is 24.9. The lowest BCUT2D eigenvalue weighted by molar-refractivity contribution is -0.106. The summed E-state index contributed by atoms with van der Waals surface area (Å²) in [6.07, 6.45) is 2.47. The number of carbonyl (C=O) groups excluding carboxylic acids is 2. The maximum Gasteiger partial charge on any atom is 0.169 e. The number of nitrogens with one attached hydrogen (secondary N) is 1. The smallest absolute Gasteiger partial charge is 0.169 e. The highest BCUT2D eigenvalue weighted by atomic mass is 32.2. The van der Waals surface area contributed by atoms with Gasteiger partial charge in [-0.3, -0.25) is 4.79 Å². The minimum Gasteiger partial charge on any atom is -0.612 e. The van der Waals surface area contributed by atoms with E-state index in [1.54, 1.807) is 13.2 Å². The standard InChI is InChI=1S/C21H19NO3S2/c1-14(24)20-13-19(15-5-9-18(10-6-15)27(2)25)21(26-20)16-3-7-17(8-4-16)22-11-12-23/h3-10,12-13,22H,11H2,1-2H3. The molecule has 1 unspecified atom stereocenters. The summed E-state index contributed by atoms with van der Waals surface area (Å²) >= 11 is 0.438. The average molecular weight is 398 g/mol. The van der Waals surface area contributed by atoms with E-state index in [1.807, 2.05) is 54.6 Å². The molecule has 138 valence electrons. The average Bonchev–Trinajstić information content (AvgIpc) is 3.12. The van der Waals surface area contributed by atoms with Gasteiger partial charge >= 0.3 is 0 Å². The van der Waals surface area contributed by atoms with Crippen molar-refractivity contribution in [3.63, 3.8) is 0 Å². The SMILES string of the molecule is CC(=O)c1cc(-c2ccc([S+](C)[O-])cc2)c(-c2ccc(NCC=O)cc2)s1. The van der Waals surface area contributed by atoms with Crippen LogP contribution in [-0.2, 0) is 16.0 Å². The predicted molar refractivity (Wildman–Crippen MR) is 112 cm³/mol. The van der Waals surface area contributed by atoms with E-state index in [0.717, 1.165) is 38.4 Å². The van der Waals surface area contributed by atoms with Gasteiger partial charge in [0.05, 0.1) is 11.4 Å². The van der Waals surface area contributed by atoms with Crippen LogP contribution in [0.3, 0.4) is 0 Å². The molecular formula is C21H19NO3S2. The molecule has 4 nitrogen and oxygen atoms in total. The monoisotopic (exact) mass is 397 g/mol. The first-order valence-electron chi connectivity index (χ1n) is 8.36. The molecule has 1 heterocycles. The molecule has 0 amide bonds. The molecule has 0 aliphatic heterocycles. The Morgan fingerprint density at radius 3 is 2.30 bits per heavy atom. The van der Waals surface area contributed by atoms with Gasteiger partial charge in [0.2, 0.25) is 0 Å². The first kappa shape index (κ1) is 19.4. The molecule has 0 bridgehead atoms. The van der Waals surface area contributed by atoms with E-state index in [-0.39, 0.29) is 12.3 Å². The number of ketones is 1. The van der Waals surface area contributed by atoms with Gasteiger partial charge in [0.1, 0.15) is 12.5 Å². The van der Waals surface area contributed by atoms with Crippen LogP contribution in [-0.4, -0.2) is 29.4 Å². The molecule has 0 aliphatic carbocycles. The van der Waals surface area contributed by atoms with Crippen molar-refractivity contribution in [1.29, 1.82) is 0 Å². The van der Waals surface area contributed by atoms with Crippen molar-refractivity contribution >= 4 is 40.3 Å². The van der Waals surface area contributed by atoms with E-state index in [1.165, 1.54) is 11.3 Å². The number of benzene rings is 2. The molecule has 0 radical (unpaired) electrons. The van der Waals surface area contributed by atoms with Gasteiger partial charge in [0.15, 0.2) is 10.7 Å². The number of anilines is 1. The van der Waals surface area contributed by atoms with Gasteiger partial charge in [0.25, 0.3) is 0 Å². The Hall–Kier alpha value is -2.41. The molecule has 1 atom stereocenters. The summed E-state index contributed by atoms with van der Waals surface area (Å²) in [5.41, 5.74) is 3.83. The highest BCUT2D eigenvalue weighted by Crippen LogP contribution is 2.40. The van der Waals surface area contributed by atoms with Crippen LogP contribution in [0.2, 0.25) is 0 Å². The van der Waals surface area contributed by atoms with Crippen LogP contribution >= 0.6 is 11.3 Å². The summed E-state index contributed by atoms with van der Waals surface area (Å²) in [5.74, 6) is 0.0306. The van der Waals surface area contributed by atoms with E-state index < -0.39 is 11.2 Å². The fraction of sp³-hybridized carbons (Fsp3) is 0.143. The van der Waals surface area contributed by atoms with Crippen molar-refractivity contribution in [1.82, 2.24) is 0 Å². The number of carbonyl (C=O) groups is 2. The third kappa shape index (κ3) is 4.47. The van der Waals surface area contributed by atoms with Gasteiger partial charge in [-0.1, -0.05) is 12.1 Å². The Morgan fingerprint density at radius 2 is 1.74 bits per heavy atom. The minimum atomic E-state index is -1.03. The zero-order valence-electron chi connectivity index (χ0n) is 15.0. The van der Waals surface area contributed by atoms with Gasteiger partial charge in [-0.25, -0.2) is 0 Å².